The molecule has 17 heavy (non-hydrogen) atoms. The van der Waals surface area contributed by atoms with Crippen LogP contribution in [0.1, 0.15) is 12.5 Å². The van der Waals surface area contributed by atoms with Crippen molar-refractivity contribution in [2.75, 3.05) is 17.2 Å². The standard InChI is InChI=1S/C11H12N2O2S2/c1-2-8-3-4-9-10(7-8)16-11-12-17(14,15)6-5-13(9)11/h3-4,7H,2,5-6H2,1H3. The third-order valence-electron chi connectivity index (χ3n) is 2.95. The van der Waals surface area contributed by atoms with Crippen LogP contribution in [0, 0.1) is 0 Å². The maximum Gasteiger partial charge on any atom is 0.257 e. The minimum atomic E-state index is -3.24. The average molecular weight is 268 g/mol. The van der Waals surface area contributed by atoms with E-state index in [1.165, 1.54) is 17.3 Å². The predicted octanol–water partition coefficient (Wildman–Crippen LogP) is 1.86. The summed E-state index contributed by atoms with van der Waals surface area (Å²) in [6.45, 7) is 2.61. The number of hydrogen-bond donors (Lipinski definition) is 0. The van der Waals surface area contributed by atoms with E-state index in [9.17, 15) is 8.42 Å². The monoisotopic (exact) mass is 268 g/mol. The minimum absolute atomic E-state index is 0.103. The highest BCUT2D eigenvalue weighted by atomic mass is 32.2. The van der Waals surface area contributed by atoms with Crippen LogP contribution >= 0.6 is 11.8 Å². The Labute approximate surface area is 105 Å². The van der Waals surface area contributed by atoms with Crippen molar-refractivity contribution in [2.24, 2.45) is 4.40 Å². The lowest BCUT2D eigenvalue weighted by atomic mass is 10.1. The van der Waals surface area contributed by atoms with E-state index in [2.05, 4.69) is 29.5 Å². The van der Waals surface area contributed by atoms with E-state index in [0.717, 1.165) is 17.0 Å². The average Bonchev–Trinajstić information content (AvgIpc) is 2.63. The molecule has 2 aliphatic rings. The Bertz CT molecular complexity index is 608. The van der Waals surface area contributed by atoms with Crippen LogP contribution in [-0.4, -0.2) is 25.9 Å². The lowest BCUT2D eigenvalue weighted by Gasteiger charge is -2.22. The zero-order valence-electron chi connectivity index (χ0n) is 9.38. The molecular formula is C11H12N2O2S2. The van der Waals surface area contributed by atoms with Gasteiger partial charge in [0.15, 0.2) is 5.17 Å². The molecule has 0 amide bonds. The third-order valence-corrected chi connectivity index (χ3v) is 5.25. The molecule has 2 heterocycles. The van der Waals surface area contributed by atoms with E-state index in [1.807, 2.05) is 4.90 Å². The van der Waals surface area contributed by atoms with Crippen LogP contribution in [-0.2, 0) is 16.4 Å². The van der Waals surface area contributed by atoms with Crippen LogP contribution in [0.5, 0.6) is 0 Å². The number of anilines is 1. The molecule has 0 N–H and O–H groups in total. The Morgan fingerprint density at radius 1 is 1.47 bits per heavy atom. The van der Waals surface area contributed by atoms with Crippen LogP contribution < -0.4 is 4.90 Å². The van der Waals surface area contributed by atoms with Gasteiger partial charge in [-0.05, 0) is 35.9 Å². The van der Waals surface area contributed by atoms with Gasteiger partial charge in [-0.2, -0.15) is 0 Å². The van der Waals surface area contributed by atoms with Gasteiger partial charge in [0.05, 0.1) is 11.4 Å². The Morgan fingerprint density at radius 2 is 2.29 bits per heavy atom. The summed E-state index contributed by atoms with van der Waals surface area (Å²) in [5.41, 5.74) is 2.35. The lowest BCUT2D eigenvalue weighted by Crippen LogP contribution is -2.35. The number of fused-ring (bicyclic) bond motifs is 3. The molecule has 90 valence electrons. The summed E-state index contributed by atoms with van der Waals surface area (Å²) in [6, 6.07) is 6.26. The van der Waals surface area contributed by atoms with E-state index in [4.69, 9.17) is 0 Å². The molecule has 3 rings (SSSR count). The first-order valence-corrected chi connectivity index (χ1v) is 7.92. The van der Waals surface area contributed by atoms with E-state index < -0.39 is 10.0 Å². The number of amidine groups is 1. The summed E-state index contributed by atoms with van der Waals surface area (Å²) >= 11 is 1.45. The molecule has 2 aliphatic heterocycles. The highest BCUT2D eigenvalue weighted by molar-refractivity contribution is 8.15. The van der Waals surface area contributed by atoms with Gasteiger partial charge in [0, 0.05) is 11.4 Å². The molecule has 0 aromatic heterocycles. The highest BCUT2D eigenvalue weighted by Gasteiger charge is 2.32. The molecule has 0 radical (unpaired) electrons. The van der Waals surface area contributed by atoms with Crippen LogP contribution in [0.25, 0.3) is 0 Å². The molecule has 0 unspecified atom stereocenters. The van der Waals surface area contributed by atoms with Crippen molar-refractivity contribution in [1.29, 1.82) is 0 Å². The van der Waals surface area contributed by atoms with Gasteiger partial charge in [-0.25, -0.2) is 8.42 Å². The fourth-order valence-electron chi connectivity index (χ4n) is 1.99. The molecule has 6 heteroatoms. The van der Waals surface area contributed by atoms with Crippen LogP contribution in [0.15, 0.2) is 27.5 Å². The minimum Gasteiger partial charge on any atom is -0.318 e. The number of hydrogen-bond acceptors (Lipinski definition) is 4. The van der Waals surface area contributed by atoms with Gasteiger partial charge in [0.1, 0.15) is 0 Å². The summed E-state index contributed by atoms with van der Waals surface area (Å²) in [5, 5.41) is 0.597. The van der Waals surface area contributed by atoms with Gasteiger partial charge in [0.25, 0.3) is 10.0 Å². The van der Waals surface area contributed by atoms with Crippen LogP contribution in [0.4, 0.5) is 5.69 Å². The van der Waals surface area contributed by atoms with Gasteiger partial charge in [-0.3, -0.25) is 0 Å². The number of aryl methyl sites for hydroxylation is 1. The molecule has 1 aromatic rings. The van der Waals surface area contributed by atoms with Crippen molar-refractivity contribution >= 4 is 32.6 Å². The second kappa shape index (κ2) is 3.74. The van der Waals surface area contributed by atoms with E-state index in [1.54, 1.807) is 0 Å². The van der Waals surface area contributed by atoms with E-state index in [0.29, 0.717) is 11.7 Å². The molecule has 0 fully saturated rings. The Balaban J connectivity index is 2.07. The molecule has 0 atom stereocenters. The Hall–Kier alpha value is -1.01. The second-order valence-corrected chi connectivity index (χ2v) is 6.83. The SMILES string of the molecule is CCc1ccc2c(c1)SC1=NS(=O)(=O)CCN12. The van der Waals surface area contributed by atoms with E-state index in [-0.39, 0.29) is 5.75 Å². The lowest BCUT2D eigenvalue weighted by molar-refractivity contribution is 0.596. The third kappa shape index (κ3) is 1.85. The maximum atomic E-state index is 11.4. The summed E-state index contributed by atoms with van der Waals surface area (Å²) in [4.78, 5) is 3.10. The maximum absolute atomic E-state index is 11.4. The van der Waals surface area contributed by atoms with Crippen LogP contribution in [0.3, 0.4) is 0 Å². The molecule has 0 aliphatic carbocycles. The molecule has 0 saturated carbocycles. The smallest absolute Gasteiger partial charge is 0.257 e. The van der Waals surface area contributed by atoms with Crippen LogP contribution in [0.2, 0.25) is 0 Å². The van der Waals surface area contributed by atoms with Gasteiger partial charge >= 0.3 is 0 Å². The van der Waals surface area contributed by atoms with Gasteiger partial charge in [-0.15, -0.1) is 4.40 Å². The van der Waals surface area contributed by atoms with Crippen molar-refractivity contribution in [3.8, 4) is 0 Å². The first-order chi connectivity index (χ1) is 8.09. The first-order valence-electron chi connectivity index (χ1n) is 5.50. The largest absolute Gasteiger partial charge is 0.318 e. The van der Waals surface area contributed by atoms with Gasteiger partial charge in [0.2, 0.25) is 0 Å². The topological polar surface area (TPSA) is 49.7 Å². The van der Waals surface area contributed by atoms with E-state index >= 15 is 0 Å². The Morgan fingerprint density at radius 3 is 3.06 bits per heavy atom. The highest BCUT2D eigenvalue weighted by Crippen LogP contribution is 2.42. The number of benzene rings is 1. The summed E-state index contributed by atoms with van der Waals surface area (Å²) < 4.78 is 26.7. The van der Waals surface area contributed by atoms with Crippen molar-refractivity contribution in [2.45, 2.75) is 18.2 Å². The van der Waals surface area contributed by atoms with Crippen molar-refractivity contribution < 1.29 is 8.42 Å². The summed E-state index contributed by atoms with van der Waals surface area (Å²) in [6.07, 6.45) is 0.985. The van der Waals surface area contributed by atoms with Gasteiger partial charge in [-0.1, -0.05) is 13.0 Å². The normalized spacial score (nSPS) is 20.8. The first kappa shape index (κ1) is 11.1. The second-order valence-electron chi connectivity index (χ2n) is 4.07. The summed E-state index contributed by atoms with van der Waals surface area (Å²) in [5.74, 6) is 0.103. The molecule has 4 nitrogen and oxygen atoms in total. The summed E-state index contributed by atoms with van der Waals surface area (Å²) in [7, 11) is -3.24. The van der Waals surface area contributed by atoms with Gasteiger partial charge < -0.3 is 4.90 Å². The molecule has 0 spiro atoms. The molecule has 1 aromatic carbocycles. The molecule has 0 saturated heterocycles. The quantitative estimate of drug-likeness (QED) is 0.780. The fraction of sp³-hybridized carbons (Fsp3) is 0.364. The number of sulfonamides is 1. The number of rotatable bonds is 1. The molecule has 0 bridgehead atoms. The molecular weight excluding hydrogens is 256 g/mol. The fourth-order valence-corrected chi connectivity index (χ4v) is 4.32. The number of nitrogens with zero attached hydrogens (tertiary/aromatic N) is 2. The number of thioether (sulfide) groups is 1. The van der Waals surface area contributed by atoms with Crippen molar-refractivity contribution in [3.63, 3.8) is 0 Å². The zero-order chi connectivity index (χ0) is 12.0. The van der Waals surface area contributed by atoms with Crippen molar-refractivity contribution in [1.82, 2.24) is 0 Å². The zero-order valence-corrected chi connectivity index (χ0v) is 11.0. The predicted molar refractivity (Wildman–Crippen MR) is 70.2 cm³/mol. The van der Waals surface area contributed by atoms with Crippen molar-refractivity contribution in [3.05, 3.63) is 23.8 Å². The Kier molecular flexibility index (Phi) is 2.45.